The lowest BCUT2D eigenvalue weighted by molar-refractivity contribution is 0.222. The number of rotatable bonds is 9. The van der Waals surface area contributed by atoms with Crippen LogP contribution >= 0.6 is 0 Å². The van der Waals surface area contributed by atoms with E-state index < -0.39 is 0 Å². The van der Waals surface area contributed by atoms with E-state index in [1.807, 2.05) is 0 Å². The van der Waals surface area contributed by atoms with Crippen molar-refractivity contribution in [2.75, 3.05) is 9.80 Å². The SMILES string of the molecule is CC1(C)C2=CC(N(c3ccc(-c4ccccc4)cc3)c3ccc4cccc5c4c3OC3C=CC=C(N(c4ccc(-c6ccccc6)cc4)c4ccc(-c6ccccc6)cc4)C53)CC=C2c2ccccc21. The van der Waals surface area contributed by atoms with Crippen molar-refractivity contribution >= 4 is 39.1 Å². The number of fused-ring (bicyclic) bond motifs is 5. The van der Waals surface area contributed by atoms with Crippen LogP contribution in [-0.2, 0) is 5.41 Å². The summed E-state index contributed by atoms with van der Waals surface area (Å²) in [5.41, 5.74) is 19.4. The molecule has 0 aromatic heterocycles. The standard InChI is InChI=1S/C67H52N2O/c1-67(2)59-25-13-12-23-56(59)57-42-41-55(44-60(57)67)69(54-39-32-50(33-40-54)47-20-10-5-11-21-47)62-43-34-51-22-14-24-58-64(51)66(62)70-63-27-15-26-61(65(58)63)68(52-35-28-48(29-36-52)45-16-6-3-7-17-45)53-37-30-49(31-38-53)46-18-8-4-9-19-46/h3-40,42-44,55,63,65H,41H2,1-2H3. The highest BCUT2D eigenvalue weighted by Crippen LogP contribution is 2.55. The van der Waals surface area contributed by atoms with E-state index in [0.717, 1.165) is 34.9 Å². The minimum absolute atomic E-state index is 0.0441. The Morgan fingerprint density at radius 2 is 1.06 bits per heavy atom. The summed E-state index contributed by atoms with van der Waals surface area (Å²) in [6, 6.07) is 79.6. The number of anilines is 4. The number of hydrogen-bond acceptors (Lipinski definition) is 3. The molecule has 9 aromatic carbocycles. The first-order valence-electron chi connectivity index (χ1n) is 24.7. The normalized spacial score (nSPS) is 18.1. The van der Waals surface area contributed by atoms with Crippen LogP contribution in [0.3, 0.4) is 0 Å². The average molecular weight is 901 g/mol. The first-order chi connectivity index (χ1) is 34.5. The van der Waals surface area contributed by atoms with Gasteiger partial charge in [0.2, 0.25) is 0 Å². The van der Waals surface area contributed by atoms with E-state index in [-0.39, 0.29) is 23.5 Å². The highest BCUT2D eigenvalue weighted by molar-refractivity contribution is 6.00. The molecule has 0 amide bonds. The molecule has 1 heterocycles. The highest BCUT2D eigenvalue weighted by Gasteiger charge is 2.43. The Labute approximate surface area is 411 Å². The van der Waals surface area contributed by atoms with Gasteiger partial charge in [-0.25, -0.2) is 0 Å². The zero-order valence-electron chi connectivity index (χ0n) is 39.4. The van der Waals surface area contributed by atoms with Gasteiger partial charge in [-0.15, -0.1) is 0 Å². The van der Waals surface area contributed by atoms with Gasteiger partial charge >= 0.3 is 0 Å². The van der Waals surface area contributed by atoms with Crippen molar-refractivity contribution in [3.63, 3.8) is 0 Å². The summed E-state index contributed by atoms with van der Waals surface area (Å²) in [7, 11) is 0. The third kappa shape index (κ3) is 7.03. The fourth-order valence-corrected chi connectivity index (χ4v) is 11.7. The highest BCUT2D eigenvalue weighted by atomic mass is 16.5. The first kappa shape index (κ1) is 41.8. The molecular weight excluding hydrogens is 849 g/mol. The number of nitrogens with zero attached hydrogens (tertiary/aromatic N) is 2. The molecule has 3 aliphatic carbocycles. The minimum atomic E-state index is -0.254. The Hall–Kier alpha value is -8.40. The Kier molecular flexibility index (Phi) is 10.1. The van der Waals surface area contributed by atoms with E-state index in [1.54, 1.807) is 0 Å². The second-order valence-corrected chi connectivity index (χ2v) is 19.5. The molecule has 0 spiro atoms. The summed E-state index contributed by atoms with van der Waals surface area (Å²) < 4.78 is 7.58. The quantitative estimate of drug-likeness (QED) is 0.144. The topological polar surface area (TPSA) is 15.7 Å². The second kappa shape index (κ2) is 17.0. The monoisotopic (exact) mass is 900 g/mol. The van der Waals surface area contributed by atoms with E-state index in [0.29, 0.717) is 0 Å². The van der Waals surface area contributed by atoms with Crippen LogP contribution in [0.5, 0.6) is 5.75 Å². The van der Waals surface area contributed by atoms with Crippen LogP contribution < -0.4 is 14.5 Å². The maximum Gasteiger partial charge on any atom is 0.152 e. The summed E-state index contributed by atoms with van der Waals surface area (Å²) in [5.74, 6) is 0.846. The number of ether oxygens (including phenoxy) is 1. The van der Waals surface area contributed by atoms with Crippen molar-refractivity contribution in [3.8, 4) is 39.1 Å². The zero-order valence-corrected chi connectivity index (χ0v) is 39.4. The summed E-state index contributed by atoms with van der Waals surface area (Å²) in [6.07, 6.45) is 12.4. The smallest absolute Gasteiger partial charge is 0.152 e. The number of allylic oxidation sites excluding steroid dienone is 4. The largest absolute Gasteiger partial charge is 0.482 e. The van der Waals surface area contributed by atoms with Crippen LogP contribution in [0.25, 0.3) is 49.7 Å². The van der Waals surface area contributed by atoms with Crippen molar-refractivity contribution in [1.29, 1.82) is 0 Å². The van der Waals surface area contributed by atoms with Gasteiger partial charge in [0.15, 0.2) is 5.75 Å². The number of hydrogen-bond donors (Lipinski definition) is 0. The molecule has 9 aromatic rings. The van der Waals surface area contributed by atoms with Gasteiger partial charge in [-0.2, -0.15) is 0 Å². The molecule has 0 saturated heterocycles. The van der Waals surface area contributed by atoms with Gasteiger partial charge in [0, 0.05) is 33.6 Å². The van der Waals surface area contributed by atoms with Crippen molar-refractivity contribution in [3.05, 3.63) is 277 Å². The van der Waals surface area contributed by atoms with Crippen molar-refractivity contribution in [2.45, 2.75) is 43.7 Å². The molecule has 70 heavy (non-hydrogen) atoms. The van der Waals surface area contributed by atoms with Crippen LogP contribution in [0.2, 0.25) is 0 Å². The second-order valence-electron chi connectivity index (χ2n) is 19.5. The minimum Gasteiger partial charge on any atom is -0.482 e. The fourth-order valence-electron chi connectivity index (χ4n) is 11.7. The van der Waals surface area contributed by atoms with Gasteiger partial charge in [-0.1, -0.05) is 208 Å². The molecule has 0 saturated carbocycles. The van der Waals surface area contributed by atoms with Crippen molar-refractivity contribution in [1.82, 2.24) is 0 Å². The van der Waals surface area contributed by atoms with Gasteiger partial charge in [0.25, 0.3) is 0 Å². The fraction of sp³-hybridized carbons (Fsp3) is 0.104. The Bertz CT molecular complexity index is 3470. The molecule has 3 heteroatoms. The van der Waals surface area contributed by atoms with E-state index >= 15 is 0 Å². The summed E-state index contributed by atoms with van der Waals surface area (Å²) in [5, 5.41) is 2.34. The van der Waals surface area contributed by atoms with Gasteiger partial charge in [0.05, 0.1) is 17.6 Å². The maximum atomic E-state index is 7.58. The molecule has 336 valence electrons. The molecule has 0 bridgehead atoms. The molecule has 3 nitrogen and oxygen atoms in total. The molecule has 0 N–H and O–H groups in total. The number of benzene rings is 9. The zero-order chi connectivity index (χ0) is 46.8. The molecule has 0 radical (unpaired) electrons. The van der Waals surface area contributed by atoms with E-state index in [1.165, 1.54) is 77.7 Å². The predicted octanol–water partition coefficient (Wildman–Crippen LogP) is 17.2. The molecule has 4 aliphatic rings. The van der Waals surface area contributed by atoms with E-state index in [2.05, 4.69) is 272 Å². The molecule has 3 unspecified atom stereocenters. The van der Waals surface area contributed by atoms with Gasteiger partial charge in [0.1, 0.15) is 6.10 Å². The molecule has 0 fully saturated rings. The van der Waals surface area contributed by atoms with Crippen LogP contribution in [0.1, 0.15) is 42.9 Å². The van der Waals surface area contributed by atoms with Crippen LogP contribution in [0, 0.1) is 0 Å². The third-order valence-electron chi connectivity index (χ3n) is 15.2. The lowest BCUT2D eigenvalue weighted by Crippen LogP contribution is -2.37. The predicted molar refractivity (Wildman–Crippen MR) is 292 cm³/mol. The molecule has 1 aliphatic heterocycles. The van der Waals surface area contributed by atoms with E-state index in [9.17, 15) is 0 Å². The third-order valence-corrected chi connectivity index (χ3v) is 15.2. The van der Waals surface area contributed by atoms with Crippen LogP contribution in [0.15, 0.2) is 260 Å². The van der Waals surface area contributed by atoms with Crippen molar-refractivity contribution in [2.24, 2.45) is 0 Å². The Morgan fingerprint density at radius 3 is 1.66 bits per heavy atom. The molecule has 3 atom stereocenters. The van der Waals surface area contributed by atoms with Gasteiger partial charge in [-0.05, 0) is 128 Å². The van der Waals surface area contributed by atoms with Crippen LogP contribution in [-0.4, -0.2) is 12.1 Å². The van der Waals surface area contributed by atoms with Crippen molar-refractivity contribution < 1.29 is 4.74 Å². The average Bonchev–Trinajstić information content (AvgIpc) is 3.65. The van der Waals surface area contributed by atoms with Gasteiger partial charge < -0.3 is 14.5 Å². The van der Waals surface area contributed by atoms with Gasteiger partial charge in [-0.3, -0.25) is 0 Å². The van der Waals surface area contributed by atoms with Crippen LogP contribution in [0.4, 0.5) is 22.7 Å². The summed E-state index contributed by atoms with van der Waals surface area (Å²) in [4.78, 5) is 5.00. The maximum absolute atomic E-state index is 7.58. The first-order valence-corrected chi connectivity index (χ1v) is 24.7. The lowest BCUT2D eigenvalue weighted by atomic mass is 9.79. The Morgan fingerprint density at radius 1 is 0.514 bits per heavy atom. The van der Waals surface area contributed by atoms with E-state index in [4.69, 9.17) is 4.74 Å². The Balaban J connectivity index is 0.950. The summed E-state index contributed by atoms with van der Waals surface area (Å²) in [6.45, 7) is 4.77. The molecule has 13 rings (SSSR count). The lowest BCUT2D eigenvalue weighted by Gasteiger charge is -2.42. The summed E-state index contributed by atoms with van der Waals surface area (Å²) >= 11 is 0. The molecular formula is C67H52N2O.